The van der Waals surface area contributed by atoms with Gasteiger partial charge in [-0.2, -0.15) is 0 Å². The van der Waals surface area contributed by atoms with Crippen LogP contribution < -0.4 is 4.90 Å². The molecule has 0 bridgehead atoms. The Hall–Kier alpha value is -1.77. The third kappa shape index (κ3) is 3.75. The summed E-state index contributed by atoms with van der Waals surface area (Å²) in [7, 11) is 0. The monoisotopic (exact) mass is 392 g/mol. The van der Waals surface area contributed by atoms with E-state index < -0.39 is 5.97 Å². The standard InChI is InChI=1S/C17H16N2O3S3/c1-2-18-16(22)13(25-17(18)23)7-8-14-19(10-9-15(20)21)11-5-3-4-6-12(11)24-14/h3-8H,2,9-10H2,1H3,(H,20,21). The van der Waals surface area contributed by atoms with Gasteiger partial charge < -0.3 is 10.0 Å². The van der Waals surface area contributed by atoms with E-state index in [4.69, 9.17) is 17.3 Å². The average molecular weight is 393 g/mol. The van der Waals surface area contributed by atoms with E-state index in [1.54, 1.807) is 22.7 Å². The molecular weight excluding hydrogens is 376 g/mol. The number of allylic oxidation sites excluding steroid dienone is 2. The quantitative estimate of drug-likeness (QED) is 0.606. The van der Waals surface area contributed by atoms with Gasteiger partial charge in [-0.3, -0.25) is 14.5 Å². The first-order chi connectivity index (χ1) is 12.0. The number of likely N-dealkylation sites (N-methyl/N-ethyl adjacent to an activating group) is 1. The number of carbonyl (C=O) groups is 2. The second kappa shape index (κ2) is 7.63. The summed E-state index contributed by atoms with van der Waals surface area (Å²) in [5.41, 5.74) is 0.995. The molecule has 1 saturated heterocycles. The number of anilines is 1. The number of para-hydroxylation sites is 1. The molecule has 3 rings (SSSR count). The number of amides is 1. The van der Waals surface area contributed by atoms with Crippen LogP contribution in [0.15, 0.2) is 51.2 Å². The maximum absolute atomic E-state index is 12.3. The lowest BCUT2D eigenvalue weighted by molar-refractivity contribution is -0.136. The molecule has 0 aliphatic carbocycles. The molecule has 0 radical (unpaired) electrons. The number of carboxylic acid groups (broad SMARTS) is 1. The van der Waals surface area contributed by atoms with Crippen LogP contribution in [0, 0.1) is 0 Å². The first kappa shape index (κ1) is 18.0. The summed E-state index contributed by atoms with van der Waals surface area (Å²) in [6.45, 7) is 2.84. The van der Waals surface area contributed by atoms with Crippen molar-refractivity contribution < 1.29 is 14.7 Å². The lowest BCUT2D eigenvalue weighted by atomic mass is 10.2. The molecule has 2 aliphatic heterocycles. The minimum atomic E-state index is -0.836. The van der Waals surface area contributed by atoms with Crippen molar-refractivity contribution in [1.29, 1.82) is 0 Å². The smallest absolute Gasteiger partial charge is 0.305 e. The fourth-order valence-electron chi connectivity index (χ4n) is 2.55. The lowest BCUT2D eigenvalue weighted by Crippen LogP contribution is -2.27. The predicted molar refractivity (Wildman–Crippen MR) is 106 cm³/mol. The molecule has 2 aliphatic rings. The first-order valence-corrected chi connectivity index (χ1v) is 9.77. The maximum Gasteiger partial charge on any atom is 0.305 e. The summed E-state index contributed by atoms with van der Waals surface area (Å²) >= 11 is 8.08. The van der Waals surface area contributed by atoms with Gasteiger partial charge in [0, 0.05) is 18.0 Å². The van der Waals surface area contributed by atoms with Crippen molar-refractivity contribution in [2.24, 2.45) is 0 Å². The van der Waals surface area contributed by atoms with Gasteiger partial charge in [-0.15, -0.1) is 0 Å². The fraction of sp³-hybridized carbons (Fsp3) is 0.235. The van der Waals surface area contributed by atoms with E-state index in [0.29, 0.717) is 22.3 Å². The van der Waals surface area contributed by atoms with E-state index in [9.17, 15) is 9.59 Å². The van der Waals surface area contributed by atoms with E-state index in [1.165, 1.54) is 11.8 Å². The number of hydrogen-bond acceptors (Lipinski definition) is 6. The van der Waals surface area contributed by atoms with Crippen LogP contribution in [0.4, 0.5) is 5.69 Å². The topological polar surface area (TPSA) is 60.9 Å². The van der Waals surface area contributed by atoms with Gasteiger partial charge in [-0.25, -0.2) is 0 Å². The van der Waals surface area contributed by atoms with Crippen LogP contribution in [0.2, 0.25) is 0 Å². The zero-order chi connectivity index (χ0) is 18.0. The Bertz CT molecular complexity index is 804. The summed E-state index contributed by atoms with van der Waals surface area (Å²) in [6.07, 6.45) is 3.69. The van der Waals surface area contributed by atoms with Crippen molar-refractivity contribution in [2.45, 2.75) is 18.2 Å². The number of fused-ring (bicyclic) bond motifs is 1. The minimum Gasteiger partial charge on any atom is -0.481 e. The van der Waals surface area contributed by atoms with Gasteiger partial charge in [0.15, 0.2) is 0 Å². The highest BCUT2D eigenvalue weighted by Gasteiger charge is 2.31. The molecule has 8 heteroatoms. The fourth-order valence-corrected chi connectivity index (χ4v) is 4.96. The van der Waals surface area contributed by atoms with Crippen molar-refractivity contribution >= 4 is 57.6 Å². The number of carbonyl (C=O) groups excluding carboxylic acids is 1. The molecule has 1 fully saturated rings. The Morgan fingerprint density at radius 2 is 2.00 bits per heavy atom. The Labute approximate surface area is 159 Å². The zero-order valence-corrected chi connectivity index (χ0v) is 15.9. The molecule has 0 unspecified atom stereocenters. The number of nitrogens with zero attached hydrogens (tertiary/aromatic N) is 2. The number of thiocarbonyl (C=S) groups is 1. The van der Waals surface area contributed by atoms with Crippen molar-refractivity contribution in [2.75, 3.05) is 18.0 Å². The Kier molecular flexibility index (Phi) is 5.51. The average Bonchev–Trinajstić information content (AvgIpc) is 3.07. The SMILES string of the molecule is CCN1C(=O)C(=CC=C2Sc3ccccc3N2CCC(=O)O)SC1=S. The molecule has 130 valence electrons. The van der Waals surface area contributed by atoms with Gasteiger partial charge in [-0.05, 0) is 31.2 Å². The number of thioether (sulfide) groups is 2. The van der Waals surface area contributed by atoms with Crippen molar-refractivity contribution in [3.63, 3.8) is 0 Å². The molecule has 25 heavy (non-hydrogen) atoms. The highest BCUT2D eigenvalue weighted by atomic mass is 32.2. The molecule has 0 saturated carbocycles. The summed E-state index contributed by atoms with van der Waals surface area (Å²) in [5.74, 6) is -0.913. The number of aliphatic carboxylic acids is 1. The Morgan fingerprint density at radius 1 is 1.24 bits per heavy atom. The molecular formula is C17H16N2O3S3. The molecule has 0 spiro atoms. The van der Waals surface area contributed by atoms with Crippen molar-refractivity contribution in [3.8, 4) is 0 Å². The summed E-state index contributed by atoms with van der Waals surface area (Å²) in [4.78, 5) is 28.5. The van der Waals surface area contributed by atoms with Crippen LogP contribution >= 0.6 is 35.7 Å². The van der Waals surface area contributed by atoms with Crippen LogP contribution in [-0.4, -0.2) is 39.3 Å². The van der Waals surface area contributed by atoms with Gasteiger partial charge in [0.1, 0.15) is 4.32 Å². The highest BCUT2D eigenvalue weighted by Crippen LogP contribution is 2.46. The largest absolute Gasteiger partial charge is 0.481 e. The van der Waals surface area contributed by atoms with Crippen LogP contribution in [0.5, 0.6) is 0 Å². The Balaban J connectivity index is 1.86. The summed E-state index contributed by atoms with van der Waals surface area (Å²) in [6, 6.07) is 7.87. The van der Waals surface area contributed by atoms with Crippen LogP contribution in [0.25, 0.3) is 0 Å². The Morgan fingerprint density at radius 3 is 2.68 bits per heavy atom. The van der Waals surface area contributed by atoms with Crippen molar-refractivity contribution in [1.82, 2.24) is 4.90 Å². The van der Waals surface area contributed by atoms with Crippen LogP contribution in [-0.2, 0) is 9.59 Å². The second-order valence-corrected chi connectivity index (χ2v) is 8.06. The van der Waals surface area contributed by atoms with E-state index >= 15 is 0 Å². The third-order valence-electron chi connectivity index (χ3n) is 3.75. The van der Waals surface area contributed by atoms with E-state index in [-0.39, 0.29) is 12.3 Å². The molecule has 1 aromatic rings. The van der Waals surface area contributed by atoms with Gasteiger partial charge in [0.05, 0.1) is 22.0 Å². The van der Waals surface area contributed by atoms with E-state index in [2.05, 4.69) is 0 Å². The minimum absolute atomic E-state index is 0.0458. The summed E-state index contributed by atoms with van der Waals surface area (Å²) < 4.78 is 0.572. The zero-order valence-electron chi connectivity index (χ0n) is 13.5. The van der Waals surface area contributed by atoms with Crippen LogP contribution in [0.3, 0.4) is 0 Å². The van der Waals surface area contributed by atoms with E-state index in [0.717, 1.165) is 15.6 Å². The normalized spacial score (nSPS) is 20.0. The molecule has 1 aromatic carbocycles. The number of benzene rings is 1. The number of hydrogen-bond donors (Lipinski definition) is 1. The molecule has 2 heterocycles. The van der Waals surface area contributed by atoms with Crippen LogP contribution in [0.1, 0.15) is 13.3 Å². The highest BCUT2D eigenvalue weighted by molar-refractivity contribution is 8.26. The van der Waals surface area contributed by atoms with Gasteiger partial charge in [0.2, 0.25) is 0 Å². The maximum atomic E-state index is 12.3. The number of rotatable bonds is 5. The first-order valence-electron chi connectivity index (χ1n) is 7.73. The molecule has 1 N–H and O–H groups in total. The second-order valence-electron chi connectivity index (χ2n) is 5.32. The number of carboxylic acids is 1. The van der Waals surface area contributed by atoms with Crippen molar-refractivity contribution in [3.05, 3.63) is 46.4 Å². The lowest BCUT2D eigenvalue weighted by Gasteiger charge is -2.19. The van der Waals surface area contributed by atoms with E-state index in [1.807, 2.05) is 42.2 Å². The molecule has 0 atom stereocenters. The summed E-state index contributed by atoms with van der Waals surface area (Å²) in [5, 5.41) is 9.90. The van der Waals surface area contributed by atoms with Gasteiger partial charge in [0.25, 0.3) is 5.91 Å². The molecule has 1 amide bonds. The molecule has 5 nitrogen and oxygen atoms in total. The van der Waals surface area contributed by atoms with Gasteiger partial charge >= 0.3 is 5.97 Å². The van der Waals surface area contributed by atoms with Gasteiger partial charge in [-0.1, -0.05) is 47.9 Å². The third-order valence-corrected chi connectivity index (χ3v) is 6.28. The molecule has 0 aromatic heterocycles. The predicted octanol–water partition coefficient (Wildman–Crippen LogP) is 3.68.